The van der Waals surface area contributed by atoms with Crippen LogP contribution in [0.1, 0.15) is 12.8 Å². The molecule has 0 saturated carbocycles. The summed E-state index contributed by atoms with van der Waals surface area (Å²) in [5, 5.41) is 10.1. The molecule has 1 aromatic heterocycles. The first-order valence-corrected chi connectivity index (χ1v) is 7.01. The molecule has 8 nitrogen and oxygen atoms in total. The lowest BCUT2D eigenvalue weighted by molar-refractivity contribution is -0.143. The molecule has 0 aliphatic rings. The van der Waals surface area contributed by atoms with Crippen LogP contribution in [-0.2, 0) is 20.7 Å². The van der Waals surface area contributed by atoms with Crippen LogP contribution in [0.15, 0.2) is 28.7 Å². The molecule has 1 N–H and O–H groups in total. The highest BCUT2D eigenvalue weighted by Crippen LogP contribution is 2.21. The van der Waals surface area contributed by atoms with E-state index in [1.807, 2.05) is 0 Å². The standard InChI is InChI=1S/C15H17N3O5/c1-3-22-14(20)9-16-12(19)8-13-17-18-15(23-13)10-4-6-11(21-2)7-5-10/h4-7H,3,8-9H2,1-2H3,(H,16,19). The molecule has 2 aromatic rings. The summed E-state index contributed by atoms with van der Waals surface area (Å²) in [5.41, 5.74) is 0.719. The number of hydrogen-bond donors (Lipinski definition) is 1. The molecule has 23 heavy (non-hydrogen) atoms. The fourth-order valence-corrected chi connectivity index (χ4v) is 1.76. The Hall–Kier alpha value is -2.90. The molecule has 1 amide bonds. The lowest BCUT2D eigenvalue weighted by Gasteiger charge is -2.03. The summed E-state index contributed by atoms with van der Waals surface area (Å²) < 4.78 is 15.2. The molecule has 0 bridgehead atoms. The van der Waals surface area contributed by atoms with E-state index in [0.29, 0.717) is 11.6 Å². The van der Waals surface area contributed by atoms with Gasteiger partial charge < -0.3 is 19.2 Å². The third-order valence-corrected chi connectivity index (χ3v) is 2.85. The van der Waals surface area contributed by atoms with E-state index < -0.39 is 11.9 Å². The average molecular weight is 319 g/mol. The first kappa shape index (κ1) is 16.5. The van der Waals surface area contributed by atoms with E-state index >= 15 is 0 Å². The maximum absolute atomic E-state index is 11.7. The largest absolute Gasteiger partial charge is 0.497 e. The summed E-state index contributed by atoms with van der Waals surface area (Å²) in [4.78, 5) is 22.8. The number of amides is 1. The van der Waals surface area contributed by atoms with Gasteiger partial charge in [-0.25, -0.2) is 0 Å². The van der Waals surface area contributed by atoms with Gasteiger partial charge in [-0.1, -0.05) is 0 Å². The molecule has 122 valence electrons. The molecule has 0 fully saturated rings. The van der Waals surface area contributed by atoms with Crippen LogP contribution in [-0.4, -0.2) is 42.3 Å². The van der Waals surface area contributed by atoms with Crippen LogP contribution in [0.5, 0.6) is 5.75 Å². The van der Waals surface area contributed by atoms with E-state index in [1.165, 1.54) is 0 Å². The van der Waals surface area contributed by atoms with E-state index in [2.05, 4.69) is 15.5 Å². The van der Waals surface area contributed by atoms with Gasteiger partial charge in [0.15, 0.2) is 0 Å². The zero-order valence-electron chi connectivity index (χ0n) is 12.9. The average Bonchev–Trinajstić information content (AvgIpc) is 3.02. The predicted octanol–water partition coefficient (Wildman–Crippen LogP) is 0.967. The van der Waals surface area contributed by atoms with Crippen LogP contribution in [0.25, 0.3) is 11.5 Å². The fourth-order valence-electron chi connectivity index (χ4n) is 1.76. The molecule has 1 aromatic carbocycles. The van der Waals surface area contributed by atoms with Gasteiger partial charge in [0.25, 0.3) is 0 Å². The van der Waals surface area contributed by atoms with E-state index in [4.69, 9.17) is 13.9 Å². The van der Waals surface area contributed by atoms with Crippen LogP contribution in [0.4, 0.5) is 0 Å². The number of esters is 1. The first-order valence-electron chi connectivity index (χ1n) is 7.01. The van der Waals surface area contributed by atoms with Gasteiger partial charge in [0.2, 0.25) is 17.7 Å². The summed E-state index contributed by atoms with van der Waals surface area (Å²) in [6, 6.07) is 7.09. The third-order valence-electron chi connectivity index (χ3n) is 2.85. The van der Waals surface area contributed by atoms with Gasteiger partial charge in [0.05, 0.1) is 13.7 Å². The maximum Gasteiger partial charge on any atom is 0.325 e. The number of carbonyl (C=O) groups excluding carboxylic acids is 2. The molecular weight excluding hydrogens is 302 g/mol. The lowest BCUT2D eigenvalue weighted by Crippen LogP contribution is -2.31. The van der Waals surface area contributed by atoms with E-state index in [1.54, 1.807) is 38.3 Å². The molecule has 0 spiro atoms. The fraction of sp³-hybridized carbons (Fsp3) is 0.333. The molecule has 0 aliphatic carbocycles. The van der Waals surface area contributed by atoms with Gasteiger partial charge in [-0.3, -0.25) is 9.59 Å². The third kappa shape index (κ3) is 4.80. The van der Waals surface area contributed by atoms with E-state index in [9.17, 15) is 9.59 Å². The quantitative estimate of drug-likeness (QED) is 0.758. The number of hydrogen-bond acceptors (Lipinski definition) is 7. The number of nitrogens with one attached hydrogen (secondary N) is 1. The van der Waals surface area contributed by atoms with Crippen molar-refractivity contribution in [2.45, 2.75) is 13.3 Å². The zero-order valence-corrected chi connectivity index (χ0v) is 12.9. The normalized spacial score (nSPS) is 10.2. The molecule has 0 unspecified atom stereocenters. The first-order chi connectivity index (χ1) is 11.1. The summed E-state index contributed by atoms with van der Waals surface area (Å²) in [5.74, 6) is 0.290. The van der Waals surface area contributed by atoms with Crippen LogP contribution in [0.2, 0.25) is 0 Å². The van der Waals surface area contributed by atoms with Gasteiger partial charge in [-0.2, -0.15) is 0 Å². The highest BCUT2D eigenvalue weighted by atomic mass is 16.5. The second kappa shape index (κ2) is 7.92. The van der Waals surface area contributed by atoms with Gasteiger partial charge in [0, 0.05) is 5.56 Å². The lowest BCUT2D eigenvalue weighted by atomic mass is 10.2. The molecule has 0 atom stereocenters. The SMILES string of the molecule is CCOC(=O)CNC(=O)Cc1nnc(-c2ccc(OC)cc2)o1. The Kier molecular flexibility index (Phi) is 5.67. The van der Waals surface area contributed by atoms with Crippen molar-refractivity contribution in [3.63, 3.8) is 0 Å². The predicted molar refractivity (Wildman–Crippen MR) is 79.6 cm³/mol. The van der Waals surface area contributed by atoms with Crippen molar-refractivity contribution >= 4 is 11.9 Å². The van der Waals surface area contributed by atoms with Gasteiger partial charge in [0.1, 0.15) is 18.7 Å². The minimum absolute atomic E-state index is 0.109. The molecular formula is C15H17N3O5. The molecule has 0 saturated heterocycles. The highest BCUT2D eigenvalue weighted by Gasteiger charge is 2.13. The van der Waals surface area contributed by atoms with E-state index in [-0.39, 0.29) is 25.5 Å². The van der Waals surface area contributed by atoms with Crippen molar-refractivity contribution in [1.82, 2.24) is 15.5 Å². The summed E-state index contributed by atoms with van der Waals surface area (Å²) in [6.45, 7) is 1.77. The number of carbonyl (C=O) groups is 2. The number of aromatic nitrogens is 2. The van der Waals surface area contributed by atoms with Crippen molar-refractivity contribution in [3.8, 4) is 17.2 Å². The van der Waals surface area contributed by atoms with Crippen molar-refractivity contribution in [2.75, 3.05) is 20.3 Å². The number of benzene rings is 1. The number of methoxy groups -OCH3 is 1. The molecule has 1 heterocycles. The van der Waals surface area contributed by atoms with E-state index in [0.717, 1.165) is 5.56 Å². The Balaban J connectivity index is 1.91. The monoisotopic (exact) mass is 319 g/mol. The molecule has 8 heteroatoms. The topological polar surface area (TPSA) is 104 Å². The van der Waals surface area contributed by atoms with Crippen LogP contribution >= 0.6 is 0 Å². The van der Waals surface area contributed by atoms with Gasteiger partial charge in [-0.05, 0) is 31.2 Å². The minimum atomic E-state index is -0.495. The molecule has 2 rings (SSSR count). The van der Waals surface area contributed by atoms with Crippen LogP contribution < -0.4 is 10.1 Å². The van der Waals surface area contributed by atoms with Crippen molar-refractivity contribution in [1.29, 1.82) is 0 Å². The Labute approximate surface area is 132 Å². The van der Waals surface area contributed by atoms with Gasteiger partial charge in [-0.15, -0.1) is 10.2 Å². The Morgan fingerprint density at radius 1 is 1.22 bits per heavy atom. The van der Waals surface area contributed by atoms with Crippen molar-refractivity contribution < 1.29 is 23.5 Å². The van der Waals surface area contributed by atoms with Crippen LogP contribution in [0, 0.1) is 0 Å². The number of nitrogens with zero attached hydrogens (tertiary/aromatic N) is 2. The Morgan fingerprint density at radius 3 is 2.61 bits per heavy atom. The Morgan fingerprint density at radius 2 is 1.96 bits per heavy atom. The Bertz CT molecular complexity index is 666. The summed E-state index contributed by atoms with van der Waals surface area (Å²) in [6.07, 6.45) is -0.109. The van der Waals surface area contributed by atoms with Gasteiger partial charge >= 0.3 is 5.97 Å². The second-order valence-corrected chi connectivity index (χ2v) is 4.49. The highest BCUT2D eigenvalue weighted by molar-refractivity contribution is 5.82. The van der Waals surface area contributed by atoms with Crippen LogP contribution in [0.3, 0.4) is 0 Å². The van der Waals surface area contributed by atoms with Crippen molar-refractivity contribution in [2.24, 2.45) is 0 Å². The zero-order chi connectivity index (χ0) is 16.7. The summed E-state index contributed by atoms with van der Waals surface area (Å²) >= 11 is 0. The minimum Gasteiger partial charge on any atom is -0.497 e. The second-order valence-electron chi connectivity index (χ2n) is 4.49. The number of ether oxygens (including phenoxy) is 2. The maximum atomic E-state index is 11.7. The molecule has 0 radical (unpaired) electrons. The number of rotatable bonds is 7. The van der Waals surface area contributed by atoms with Crippen molar-refractivity contribution in [3.05, 3.63) is 30.2 Å². The summed E-state index contributed by atoms with van der Waals surface area (Å²) in [7, 11) is 1.58. The smallest absolute Gasteiger partial charge is 0.325 e. The molecule has 0 aliphatic heterocycles.